The number of aromatic nitrogens is 2. The zero-order valence-electron chi connectivity index (χ0n) is 35.7. The minimum absolute atomic E-state index is 0.121. The van der Waals surface area contributed by atoms with E-state index in [1.807, 2.05) is 0 Å². The molecule has 12 aromatic rings. The number of nitrogens with zero attached hydrogens (tertiary/aromatic N) is 2. The van der Waals surface area contributed by atoms with Gasteiger partial charge in [0.1, 0.15) is 0 Å². The van der Waals surface area contributed by atoms with Crippen molar-refractivity contribution in [1.29, 1.82) is 0 Å². The molecule has 2 aromatic heterocycles. The van der Waals surface area contributed by atoms with Crippen LogP contribution in [0.4, 0.5) is 0 Å². The summed E-state index contributed by atoms with van der Waals surface area (Å²) in [5.41, 5.74) is 29.5. The maximum atomic E-state index is 2.63. The van der Waals surface area contributed by atoms with E-state index >= 15 is 0 Å². The first-order valence-corrected chi connectivity index (χ1v) is 23.6. The van der Waals surface area contributed by atoms with E-state index in [4.69, 9.17) is 0 Å². The Morgan fingerprint density at radius 3 is 1.48 bits per heavy atom. The van der Waals surface area contributed by atoms with E-state index in [0.29, 0.717) is 0 Å². The van der Waals surface area contributed by atoms with Crippen LogP contribution in [0.5, 0.6) is 0 Å². The summed E-state index contributed by atoms with van der Waals surface area (Å²) in [6, 6.07) is 80.2. The molecule has 20 rings (SSSR count). The molecule has 302 valence electrons. The number of rotatable bonds is 1. The molecule has 2 heteroatoms. The highest BCUT2D eigenvalue weighted by Crippen LogP contribution is 2.68. The summed E-state index contributed by atoms with van der Waals surface area (Å²) in [5.74, 6) is 0.331. The minimum atomic E-state index is -0.443. The highest BCUT2D eigenvalue weighted by molar-refractivity contribution is 6.14. The van der Waals surface area contributed by atoms with Crippen LogP contribution < -0.4 is 0 Å². The van der Waals surface area contributed by atoms with Crippen LogP contribution >= 0.6 is 0 Å². The average Bonchev–Trinajstić information content (AvgIpc) is 3.91. The minimum Gasteiger partial charge on any atom is -0.309 e. The average molecular weight is 833 g/mol. The maximum absolute atomic E-state index is 2.63. The quantitative estimate of drug-likeness (QED) is 0.156. The molecule has 2 nitrogen and oxygen atoms in total. The third-order valence-corrected chi connectivity index (χ3v) is 17.4. The van der Waals surface area contributed by atoms with E-state index in [2.05, 4.69) is 215 Å². The lowest BCUT2D eigenvalue weighted by molar-refractivity contribution is 0.620. The van der Waals surface area contributed by atoms with E-state index < -0.39 is 10.8 Å². The van der Waals surface area contributed by atoms with Gasteiger partial charge >= 0.3 is 0 Å². The second-order valence-corrected chi connectivity index (χ2v) is 19.7. The van der Waals surface area contributed by atoms with Crippen molar-refractivity contribution < 1.29 is 0 Å². The fourth-order valence-corrected chi connectivity index (χ4v) is 15.4. The number of para-hydroxylation sites is 3. The Kier molecular flexibility index (Phi) is 5.47. The van der Waals surface area contributed by atoms with Crippen molar-refractivity contribution in [3.05, 3.63) is 284 Å². The molecule has 4 heterocycles. The number of hydrogen-bond donors (Lipinski definition) is 0. The molecule has 8 aliphatic rings. The van der Waals surface area contributed by atoms with E-state index in [9.17, 15) is 0 Å². The molecule has 2 atom stereocenters. The van der Waals surface area contributed by atoms with Crippen LogP contribution in [0.15, 0.2) is 206 Å². The van der Waals surface area contributed by atoms with Crippen LogP contribution in [-0.4, -0.2) is 9.13 Å². The van der Waals surface area contributed by atoms with Crippen LogP contribution in [0.2, 0.25) is 0 Å². The van der Waals surface area contributed by atoms with Gasteiger partial charge in [-0.2, -0.15) is 0 Å². The van der Waals surface area contributed by atoms with E-state index in [1.165, 1.54) is 144 Å². The Morgan fingerprint density at radius 1 is 0.288 bits per heavy atom. The second kappa shape index (κ2) is 10.8. The highest BCUT2D eigenvalue weighted by Gasteiger charge is 2.58. The smallest absolute Gasteiger partial charge is 0.0751 e. The third-order valence-electron chi connectivity index (χ3n) is 17.4. The van der Waals surface area contributed by atoms with Gasteiger partial charge in [-0.05, 0) is 114 Å². The van der Waals surface area contributed by atoms with Crippen LogP contribution in [-0.2, 0) is 10.8 Å². The van der Waals surface area contributed by atoms with E-state index in [1.54, 1.807) is 0 Å². The summed E-state index contributed by atoms with van der Waals surface area (Å²) < 4.78 is 5.21. The number of benzene rings is 10. The molecular weight excluding hydrogens is 797 g/mol. The summed E-state index contributed by atoms with van der Waals surface area (Å²) in [5, 5.41) is 5.29. The van der Waals surface area contributed by atoms with Crippen molar-refractivity contribution in [3.8, 4) is 22.5 Å². The Bertz CT molecular complexity index is 4280. The standard InChI is InChI=1S/C64H36N2/c1-6-20-47-41(15-1)57-42-16-2-7-21-48(42)63(47)51-32-28-36(34-56(51)66-54-25-10-5-14-38(54)40-29-30-45(57)60(63)62(40)66)35-27-31-50-46(33-35)58-43-17-3-8-22-49(43)64(50)52-23-11-18-39-37-13-4-9-24-53(37)65(61(39)52)55-26-12-19-44(58)59(55)64/h1-34,57-58H. The monoisotopic (exact) mass is 832 g/mol. The SMILES string of the molecule is c1ccc2c(c1)C1c3cc(-c4ccc5c(c4)-n4c6ccccc6c6ccc7c(c64)C54c5ccccc5C7c5ccccc54)ccc3C23c2c1cccc2-n1c2ccccc2c2cccc3c21. The maximum Gasteiger partial charge on any atom is 0.0751 e. The van der Waals surface area contributed by atoms with Gasteiger partial charge in [0.05, 0.1) is 44.3 Å². The normalized spacial score (nSPS) is 20.8. The van der Waals surface area contributed by atoms with E-state index in [-0.39, 0.29) is 11.8 Å². The highest BCUT2D eigenvalue weighted by atomic mass is 15.0. The second-order valence-electron chi connectivity index (χ2n) is 19.7. The van der Waals surface area contributed by atoms with Gasteiger partial charge in [0.15, 0.2) is 0 Å². The summed E-state index contributed by atoms with van der Waals surface area (Å²) in [6.45, 7) is 0. The summed E-state index contributed by atoms with van der Waals surface area (Å²) in [7, 11) is 0. The van der Waals surface area contributed by atoms with Gasteiger partial charge in [-0.25, -0.2) is 0 Å². The van der Waals surface area contributed by atoms with Gasteiger partial charge in [-0.1, -0.05) is 176 Å². The molecule has 66 heavy (non-hydrogen) atoms. The first-order chi connectivity index (χ1) is 32.8. The lowest BCUT2D eigenvalue weighted by atomic mass is 9.49. The topological polar surface area (TPSA) is 9.86 Å². The molecular formula is C64H36N2. The van der Waals surface area contributed by atoms with Crippen molar-refractivity contribution in [1.82, 2.24) is 9.13 Å². The van der Waals surface area contributed by atoms with Gasteiger partial charge < -0.3 is 9.13 Å². The molecule has 4 bridgehead atoms. The Balaban J connectivity index is 0.934. The van der Waals surface area contributed by atoms with E-state index in [0.717, 1.165) is 0 Å². The zero-order valence-corrected chi connectivity index (χ0v) is 35.7. The molecule has 2 aliphatic heterocycles. The van der Waals surface area contributed by atoms with Crippen molar-refractivity contribution in [2.24, 2.45) is 0 Å². The molecule has 6 aliphatic carbocycles. The van der Waals surface area contributed by atoms with Gasteiger partial charge in [-0.15, -0.1) is 0 Å². The fourth-order valence-electron chi connectivity index (χ4n) is 15.4. The lowest BCUT2D eigenvalue weighted by Gasteiger charge is -2.53. The first-order valence-electron chi connectivity index (χ1n) is 23.6. The zero-order chi connectivity index (χ0) is 42.4. The molecule has 0 saturated heterocycles. The molecule has 0 saturated carbocycles. The Morgan fingerprint density at radius 2 is 0.773 bits per heavy atom. The van der Waals surface area contributed by atoms with Crippen LogP contribution in [0, 0.1) is 0 Å². The molecule has 0 amide bonds. The van der Waals surface area contributed by atoms with Crippen LogP contribution in [0.25, 0.3) is 66.1 Å². The summed E-state index contributed by atoms with van der Waals surface area (Å²) in [4.78, 5) is 0. The van der Waals surface area contributed by atoms with Crippen molar-refractivity contribution in [3.63, 3.8) is 0 Å². The fraction of sp³-hybridized carbons (Fsp3) is 0.0625. The summed E-state index contributed by atoms with van der Waals surface area (Å²) in [6.07, 6.45) is 0. The molecule has 2 unspecified atom stereocenters. The number of fused-ring (bicyclic) bond motifs is 9. The molecule has 0 fully saturated rings. The molecule has 10 aromatic carbocycles. The van der Waals surface area contributed by atoms with Crippen molar-refractivity contribution in [2.75, 3.05) is 0 Å². The van der Waals surface area contributed by atoms with Gasteiger partial charge in [0.25, 0.3) is 0 Å². The van der Waals surface area contributed by atoms with Gasteiger partial charge in [-0.3, -0.25) is 0 Å². The third kappa shape index (κ3) is 3.29. The van der Waals surface area contributed by atoms with Crippen molar-refractivity contribution >= 4 is 43.6 Å². The predicted octanol–water partition coefficient (Wildman–Crippen LogP) is 14.6. The van der Waals surface area contributed by atoms with Crippen molar-refractivity contribution in [2.45, 2.75) is 22.7 Å². The van der Waals surface area contributed by atoms with Gasteiger partial charge in [0.2, 0.25) is 0 Å². The predicted molar refractivity (Wildman–Crippen MR) is 266 cm³/mol. The van der Waals surface area contributed by atoms with Crippen LogP contribution in [0.3, 0.4) is 0 Å². The molecule has 0 N–H and O–H groups in total. The molecule has 2 spiro atoms. The Labute approximate surface area is 380 Å². The molecule has 0 radical (unpaired) electrons. The Hall–Kier alpha value is -8.20. The van der Waals surface area contributed by atoms with Gasteiger partial charge in [0, 0.05) is 38.9 Å². The van der Waals surface area contributed by atoms with Crippen LogP contribution in [0.1, 0.15) is 89.7 Å². The first kappa shape index (κ1) is 33.3. The number of hydrogen-bond acceptors (Lipinski definition) is 0. The lowest BCUT2D eigenvalue weighted by Crippen LogP contribution is -2.45. The summed E-state index contributed by atoms with van der Waals surface area (Å²) >= 11 is 0. The largest absolute Gasteiger partial charge is 0.309 e.